The van der Waals surface area contributed by atoms with Gasteiger partial charge in [-0.2, -0.15) is 0 Å². The molecule has 1 nitrogen and oxygen atoms in total. The molecular formula is C17H20FNS. The second kappa shape index (κ2) is 6.91. The van der Waals surface area contributed by atoms with Crippen LogP contribution in [0.25, 0.3) is 0 Å². The zero-order valence-corrected chi connectivity index (χ0v) is 13.0. The van der Waals surface area contributed by atoms with Crippen LogP contribution in [-0.4, -0.2) is 6.54 Å². The molecule has 0 aromatic heterocycles. The fourth-order valence-electron chi connectivity index (χ4n) is 1.99. The third-order valence-corrected chi connectivity index (χ3v) is 4.45. The van der Waals surface area contributed by atoms with E-state index in [9.17, 15) is 4.39 Å². The molecule has 0 atom stereocenters. The first-order chi connectivity index (χ1) is 9.61. The smallest absolute Gasteiger partial charge is 0.128 e. The van der Waals surface area contributed by atoms with E-state index in [4.69, 9.17) is 0 Å². The molecule has 0 aliphatic heterocycles. The van der Waals surface area contributed by atoms with Crippen molar-refractivity contribution in [3.05, 3.63) is 58.9 Å². The quantitative estimate of drug-likeness (QED) is 0.856. The summed E-state index contributed by atoms with van der Waals surface area (Å²) < 4.78 is 14.0. The number of aryl methyl sites for hydroxylation is 2. The molecule has 0 saturated carbocycles. The van der Waals surface area contributed by atoms with Crippen molar-refractivity contribution in [2.45, 2.75) is 37.1 Å². The maximum Gasteiger partial charge on any atom is 0.128 e. The van der Waals surface area contributed by atoms with Gasteiger partial charge in [0.2, 0.25) is 0 Å². The van der Waals surface area contributed by atoms with Crippen LogP contribution in [0.1, 0.15) is 23.6 Å². The predicted octanol–water partition coefficient (Wildman–Crippen LogP) is 4.70. The Morgan fingerprint density at radius 1 is 1.10 bits per heavy atom. The van der Waals surface area contributed by atoms with E-state index in [0.717, 1.165) is 17.0 Å². The molecule has 0 heterocycles. The SMILES string of the molecule is CCNCc1c(F)cccc1Sc1cc(C)ccc1C. The third-order valence-electron chi connectivity index (χ3n) is 3.19. The van der Waals surface area contributed by atoms with Gasteiger partial charge >= 0.3 is 0 Å². The molecule has 1 N–H and O–H groups in total. The van der Waals surface area contributed by atoms with Gasteiger partial charge in [-0.3, -0.25) is 0 Å². The summed E-state index contributed by atoms with van der Waals surface area (Å²) in [7, 11) is 0. The van der Waals surface area contributed by atoms with Crippen LogP contribution in [0.15, 0.2) is 46.2 Å². The van der Waals surface area contributed by atoms with Gasteiger partial charge in [0.15, 0.2) is 0 Å². The van der Waals surface area contributed by atoms with Crippen molar-refractivity contribution in [3.8, 4) is 0 Å². The van der Waals surface area contributed by atoms with E-state index in [1.807, 2.05) is 13.0 Å². The molecule has 0 saturated heterocycles. The van der Waals surface area contributed by atoms with Crippen LogP contribution in [0.3, 0.4) is 0 Å². The zero-order chi connectivity index (χ0) is 14.5. The summed E-state index contributed by atoms with van der Waals surface area (Å²) in [6, 6.07) is 11.7. The number of rotatable bonds is 5. The van der Waals surface area contributed by atoms with Crippen LogP contribution in [-0.2, 0) is 6.54 Å². The zero-order valence-electron chi connectivity index (χ0n) is 12.2. The molecule has 2 rings (SSSR count). The van der Waals surface area contributed by atoms with Crippen molar-refractivity contribution in [3.63, 3.8) is 0 Å². The Hall–Kier alpha value is -1.32. The fraction of sp³-hybridized carbons (Fsp3) is 0.294. The van der Waals surface area contributed by atoms with Crippen molar-refractivity contribution >= 4 is 11.8 Å². The van der Waals surface area contributed by atoms with Crippen molar-refractivity contribution in [1.82, 2.24) is 5.32 Å². The first kappa shape index (κ1) is 15.1. The summed E-state index contributed by atoms with van der Waals surface area (Å²) in [5.41, 5.74) is 3.20. The average molecular weight is 289 g/mol. The number of benzene rings is 2. The fourth-order valence-corrected chi connectivity index (χ4v) is 3.14. The van der Waals surface area contributed by atoms with E-state index < -0.39 is 0 Å². The van der Waals surface area contributed by atoms with E-state index in [0.29, 0.717) is 6.54 Å². The molecule has 20 heavy (non-hydrogen) atoms. The average Bonchev–Trinajstić information content (AvgIpc) is 2.42. The van der Waals surface area contributed by atoms with Crippen molar-refractivity contribution in [2.24, 2.45) is 0 Å². The highest BCUT2D eigenvalue weighted by Gasteiger charge is 2.10. The molecule has 106 valence electrons. The molecule has 3 heteroatoms. The van der Waals surface area contributed by atoms with Crippen molar-refractivity contribution in [2.75, 3.05) is 6.54 Å². The monoisotopic (exact) mass is 289 g/mol. The van der Waals surface area contributed by atoms with Gasteiger partial charge in [0.1, 0.15) is 5.82 Å². The number of hydrogen-bond acceptors (Lipinski definition) is 2. The summed E-state index contributed by atoms with van der Waals surface area (Å²) in [5, 5.41) is 3.20. The lowest BCUT2D eigenvalue weighted by molar-refractivity contribution is 0.586. The number of nitrogens with one attached hydrogen (secondary N) is 1. The second-order valence-corrected chi connectivity index (χ2v) is 5.95. The minimum absolute atomic E-state index is 0.138. The van der Waals surface area contributed by atoms with Crippen molar-refractivity contribution in [1.29, 1.82) is 0 Å². The highest BCUT2D eigenvalue weighted by Crippen LogP contribution is 2.34. The highest BCUT2D eigenvalue weighted by molar-refractivity contribution is 7.99. The van der Waals surface area contributed by atoms with Crippen LogP contribution in [0.4, 0.5) is 4.39 Å². The highest BCUT2D eigenvalue weighted by atomic mass is 32.2. The summed E-state index contributed by atoms with van der Waals surface area (Å²) in [6.07, 6.45) is 0. The van der Waals surface area contributed by atoms with Crippen LogP contribution in [0, 0.1) is 19.7 Å². The van der Waals surface area contributed by atoms with Gasteiger partial charge in [-0.15, -0.1) is 0 Å². The van der Waals surface area contributed by atoms with E-state index in [1.54, 1.807) is 17.8 Å². The Balaban J connectivity index is 2.33. The van der Waals surface area contributed by atoms with Crippen molar-refractivity contribution < 1.29 is 4.39 Å². The summed E-state index contributed by atoms with van der Waals surface area (Å²) in [4.78, 5) is 2.17. The van der Waals surface area contributed by atoms with Crippen LogP contribution >= 0.6 is 11.8 Å². The lowest BCUT2D eigenvalue weighted by Gasteiger charge is -2.12. The Morgan fingerprint density at radius 3 is 2.65 bits per heavy atom. The second-order valence-electron chi connectivity index (χ2n) is 4.87. The molecule has 2 aromatic rings. The van der Waals surface area contributed by atoms with Gasteiger partial charge in [0, 0.05) is 21.9 Å². The lowest BCUT2D eigenvalue weighted by atomic mass is 10.2. The standard InChI is InChI=1S/C17H20FNS/c1-4-19-11-14-15(18)6-5-7-16(14)20-17-10-12(2)8-9-13(17)3/h5-10,19H,4,11H2,1-3H3. The van der Waals surface area contributed by atoms with Gasteiger partial charge in [0.25, 0.3) is 0 Å². The van der Waals surface area contributed by atoms with Gasteiger partial charge < -0.3 is 5.32 Å². The van der Waals surface area contributed by atoms with Gasteiger partial charge in [-0.05, 0) is 49.7 Å². The molecule has 2 aromatic carbocycles. The van der Waals surface area contributed by atoms with E-state index in [1.165, 1.54) is 22.1 Å². The first-order valence-electron chi connectivity index (χ1n) is 6.85. The normalized spacial score (nSPS) is 10.8. The molecule has 0 aliphatic rings. The first-order valence-corrected chi connectivity index (χ1v) is 7.66. The summed E-state index contributed by atoms with van der Waals surface area (Å²) >= 11 is 1.64. The number of halogens is 1. The van der Waals surface area contributed by atoms with E-state index in [-0.39, 0.29) is 5.82 Å². The molecule has 0 spiro atoms. The molecule has 0 unspecified atom stereocenters. The molecule has 0 aliphatic carbocycles. The van der Waals surface area contributed by atoms with Crippen LogP contribution in [0.2, 0.25) is 0 Å². The molecule has 0 radical (unpaired) electrons. The molecular weight excluding hydrogens is 269 g/mol. The van der Waals surface area contributed by atoms with Gasteiger partial charge in [-0.1, -0.05) is 36.9 Å². The predicted molar refractivity (Wildman–Crippen MR) is 83.8 cm³/mol. The molecule has 0 amide bonds. The van der Waals surface area contributed by atoms with E-state index in [2.05, 4.69) is 37.4 Å². The largest absolute Gasteiger partial charge is 0.313 e. The Kier molecular flexibility index (Phi) is 5.21. The Morgan fingerprint density at radius 2 is 1.90 bits per heavy atom. The Bertz CT molecular complexity index is 596. The summed E-state index contributed by atoms with van der Waals surface area (Å²) in [5.74, 6) is -0.138. The maximum atomic E-state index is 14.0. The third kappa shape index (κ3) is 3.62. The molecule has 0 bridgehead atoms. The minimum Gasteiger partial charge on any atom is -0.313 e. The Labute approximate surface area is 124 Å². The van der Waals surface area contributed by atoms with E-state index >= 15 is 0 Å². The maximum absolute atomic E-state index is 14.0. The topological polar surface area (TPSA) is 12.0 Å². The lowest BCUT2D eigenvalue weighted by Crippen LogP contribution is -2.13. The van der Waals surface area contributed by atoms with Gasteiger partial charge in [-0.25, -0.2) is 4.39 Å². The summed E-state index contributed by atoms with van der Waals surface area (Å²) in [6.45, 7) is 7.59. The number of hydrogen-bond donors (Lipinski definition) is 1. The molecule has 0 fully saturated rings. The van der Waals surface area contributed by atoms with Crippen LogP contribution in [0.5, 0.6) is 0 Å². The van der Waals surface area contributed by atoms with Crippen LogP contribution < -0.4 is 5.32 Å². The van der Waals surface area contributed by atoms with Gasteiger partial charge in [0.05, 0.1) is 0 Å². The minimum atomic E-state index is -0.138.